The van der Waals surface area contributed by atoms with Gasteiger partial charge in [0.1, 0.15) is 5.75 Å². The van der Waals surface area contributed by atoms with Crippen molar-refractivity contribution in [2.75, 3.05) is 38.1 Å². The molecule has 1 N–H and O–H groups in total. The van der Waals surface area contributed by atoms with Gasteiger partial charge in [-0.15, -0.1) is 0 Å². The Balaban J connectivity index is 1.51. The van der Waals surface area contributed by atoms with Crippen molar-refractivity contribution in [3.63, 3.8) is 0 Å². The van der Waals surface area contributed by atoms with Crippen molar-refractivity contribution in [3.05, 3.63) is 59.1 Å². The third kappa shape index (κ3) is 5.10. The molecule has 0 bridgehead atoms. The second kappa shape index (κ2) is 9.21. The lowest BCUT2D eigenvalue weighted by molar-refractivity contribution is 0.177. The van der Waals surface area contributed by atoms with Crippen molar-refractivity contribution >= 4 is 34.6 Å². The molecule has 2 aromatic rings. The van der Waals surface area contributed by atoms with E-state index < -0.39 is 0 Å². The molecule has 0 amide bonds. The maximum Gasteiger partial charge on any atom is 0.173 e. The topological polar surface area (TPSA) is 27.7 Å². The highest BCUT2D eigenvalue weighted by atomic mass is 35.5. The number of ether oxygens (including phenoxy) is 1. The monoisotopic (exact) mass is 389 g/mol. The first-order valence-corrected chi connectivity index (χ1v) is 9.69. The van der Waals surface area contributed by atoms with Crippen molar-refractivity contribution in [3.8, 4) is 5.75 Å². The van der Waals surface area contributed by atoms with Gasteiger partial charge in [0.15, 0.2) is 5.11 Å². The van der Waals surface area contributed by atoms with Crippen LogP contribution in [0.15, 0.2) is 48.5 Å². The van der Waals surface area contributed by atoms with Crippen molar-refractivity contribution in [2.45, 2.75) is 13.5 Å². The van der Waals surface area contributed by atoms with Gasteiger partial charge in [-0.2, -0.15) is 0 Å². The molecule has 3 rings (SSSR count). The molecular weight excluding hydrogens is 366 g/mol. The fourth-order valence-electron chi connectivity index (χ4n) is 3.00. The number of para-hydroxylation sites is 2. The summed E-state index contributed by atoms with van der Waals surface area (Å²) in [6.07, 6.45) is 0. The molecule has 0 aromatic heterocycles. The number of hydrogen-bond donors (Lipinski definition) is 1. The van der Waals surface area contributed by atoms with E-state index in [1.165, 1.54) is 5.56 Å². The maximum absolute atomic E-state index is 5.96. The van der Waals surface area contributed by atoms with E-state index in [4.69, 9.17) is 28.6 Å². The minimum atomic E-state index is 0.634. The summed E-state index contributed by atoms with van der Waals surface area (Å²) in [7, 11) is 0. The Bertz CT molecular complexity index is 730. The lowest BCUT2D eigenvalue weighted by Crippen LogP contribution is -2.49. The Labute approximate surface area is 165 Å². The van der Waals surface area contributed by atoms with E-state index in [2.05, 4.69) is 27.2 Å². The van der Waals surface area contributed by atoms with Gasteiger partial charge in [0.05, 0.1) is 12.3 Å². The van der Waals surface area contributed by atoms with Gasteiger partial charge in [-0.3, -0.25) is 4.90 Å². The summed E-state index contributed by atoms with van der Waals surface area (Å²) in [6, 6.07) is 16.0. The Kier molecular flexibility index (Phi) is 6.72. The van der Waals surface area contributed by atoms with Gasteiger partial charge in [0.25, 0.3) is 0 Å². The van der Waals surface area contributed by atoms with Crippen molar-refractivity contribution in [1.29, 1.82) is 0 Å². The second-order valence-electron chi connectivity index (χ2n) is 6.25. The van der Waals surface area contributed by atoms with Crippen LogP contribution in [0.4, 0.5) is 5.69 Å². The number of hydrogen-bond acceptors (Lipinski definition) is 3. The highest BCUT2D eigenvalue weighted by Crippen LogP contribution is 2.24. The van der Waals surface area contributed by atoms with Crippen LogP contribution in [0.2, 0.25) is 5.02 Å². The fraction of sp³-hybridized carbons (Fsp3) is 0.350. The zero-order valence-electron chi connectivity index (χ0n) is 15.0. The van der Waals surface area contributed by atoms with Crippen LogP contribution in [0.3, 0.4) is 0 Å². The molecular formula is C20H24ClN3OS. The molecule has 138 valence electrons. The Morgan fingerprint density at radius 1 is 1.08 bits per heavy atom. The number of benzene rings is 2. The van der Waals surface area contributed by atoms with E-state index in [-0.39, 0.29) is 0 Å². The molecule has 1 aliphatic heterocycles. The second-order valence-corrected chi connectivity index (χ2v) is 7.07. The molecule has 1 heterocycles. The van der Waals surface area contributed by atoms with Gasteiger partial charge < -0.3 is 15.0 Å². The first-order valence-electron chi connectivity index (χ1n) is 8.90. The molecule has 26 heavy (non-hydrogen) atoms. The van der Waals surface area contributed by atoms with Crippen LogP contribution in [0.25, 0.3) is 0 Å². The minimum absolute atomic E-state index is 0.634. The largest absolute Gasteiger partial charge is 0.492 e. The van der Waals surface area contributed by atoms with Gasteiger partial charge in [-0.1, -0.05) is 35.9 Å². The smallest absolute Gasteiger partial charge is 0.173 e. The molecule has 0 atom stereocenters. The molecule has 0 saturated carbocycles. The van der Waals surface area contributed by atoms with E-state index >= 15 is 0 Å². The zero-order valence-corrected chi connectivity index (χ0v) is 16.5. The number of nitrogens with zero attached hydrogens (tertiary/aromatic N) is 2. The van der Waals surface area contributed by atoms with Crippen molar-refractivity contribution in [1.82, 2.24) is 9.80 Å². The molecule has 0 aliphatic carbocycles. The number of rotatable bonds is 5. The average molecular weight is 390 g/mol. The van der Waals surface area contributed by atoms with Crippen LogP contribution in [-0.2, 0) is 6.54 Å². The number of nitrogens with one attached hydrogen (secondary N) is 1. The van der Waals surface area contributed by atoms with Crippen LogP contribution in [-0.4, -0.2) is 47.7 Å². The van der Waals surface area contributed by atoms with Crippen molar-refractivity contribution in [2.24, 2.45) is 0 Å². The lowest BCUT2D eigenvalue weighted by Gasteiger charge is -2.36. The highest BCUT2D eigenvalue weighted by molar-refractivity contribution is 7.80. The third-order valence-electron chi connectivity index (χ3n) is 4.41. The molecule has 0 spiro atoms. The van der Waals surface area contributed by atoms with Gasteiger partial charge in [0, 0.05) is 37.7 Å². The summed E-state index contributed by atoms with van der Waals surface area (Å²) in [5.74, 6) is 0.832. The first-order chi connectivity index (χ1) is 12.7. The van der Waals surface area contributed by atoms with Crippen LogP contribution in [0, 0.1) is 0 Å². The summed E-state index contributed by atoms with van der Waals surface area (Å²) in [6.45, 7) is 7.35. The summed E-state index contributed by atoms with van der Waals surface area (Å²) in [4.78, 5) is 4.66. The number of piperazine rings is 1. The zero-order chi connectivity index (χ0) is 18.4. The number of anilines is 1. The molecule has 0 radical (unpaired) electrons. The van der Waals surface area contributed by atoms with Crippen LogP contribution in [0.1, 0.15) is 12.5 Å². The van der Waals surface area contributed by atoms with Crippen LogP contribution >= 0.6 is 23.8 Å². The predicted molar refractivity (Wildman–Crippen MR) is 112 cm³/mol. The molecule has 1 aliphatic rings. The maximum atomic E-state index is 5.96. The molecule has 2 aromatic carbocycles. The van der Waals surface area contributed by atoms with Gasteiger partial charge in [0.2, 0.25) is 0 Å². The SMILES string of the molecule is CCOc1ccccc1NC(=S)N1CCN(Cc2ccc(Cl)cc2)CC1. The van der Waals surface area contributed by atoms with Crippen LogP contribution < -0.4 is 10.1 Å². The summed E-state index contributed by atoms with van der Waals surface area (Å²) < 4.78 is 5.66. The first kappa shape index (κ1) is 19.0. The van der Waals surface area contributed by atoms with Gasteiger partial charge in [-0.05, 0) is 49.0 Å². The highest BCUT2D eigenvalue weighted by Gasteiger charge is 2.19. The van der Waals surface area contributed by atoms with E-state index in [1.807, 2.05) is 43.3 Å². The minimum Gasteiger partial charge on any atom is -0.492 e. The lowest BCUT2D eigenvalue weighted by atomic mass is 10.2. The molecule has 0 unspecified atom stereocenters. The third-order valence-corrected chi connectivity index (χ3v) is 5.02. The summed E-state index contributed by atoms with van der Waals surface area (Å²) in [5.41, 5.74) is 2.21. The standard InChI is InChI=1S/C20H24ClN3OS/c1-2-25-19-6-4-3-5-18(19)22-20(26)24-13-11-23(12-14-24)15-16-7-9-17(21)10-8-16/h3-10H,2,11-15H2,1H3,(H,22,26). The fourth-order valence-corrected chi connectivity index (χ4v) is 3.42. The van der Waals surface area contributed by atoms with E-state index in [1.54, 1.807) is 0 Å². The Morgan fingerprint density at radius 3 is 2.46 bits per heavy atom. The predicted octanol–water partition coefficient (Wildman–Crippen LogP) is 4.25. The quantitative estimate of drug-likeness (QED) is 0.771. The molecule has 6 heteroatoms. The average Bonchev–Trinajstić information content (AvgIpc) is 2.66. The number of thiocarbonyl (C=S) groups is 1. The van der Waals surface area contributed by atoms with Gasteiger partial charge >= 0.3 is 0 Å². The molecule has 1 fully saturated rings. The Morgan fingerprint density at radius 2 is 1.77 bits per heavy atom. The molecule has 4 nitrogen and oxygen atoms in total. The number of halogens is 1. The van der Waals surface area contributed by atoms with Gasteiger partial charge in [-0.25, -0.2) is 0 Å². The summed E-state index contributed by atoms with van der Waals surface area (Å²) >= 11 is 11.6. The van der Waals surface area contributed by atoms with Crippen LogP contribution in [0.5, 0.6) is 5.75 Å². The van der Waals surface area contributed by atoms with E-state index in [0.29, 0.717) is 6.61 Å². The molecule has 1 saturated heterocycles. The summed E-state index contributed by atoms with van der Waals surface area (Å²) in [5, 5.41) is 4.87. The Hall–Kier alpha value is -1.82. The van der Waals surface area contributed by atoms with E-state index in [0.717, 1.165) is 54.3 Å². The van der Waals surface area contributed by atoms with Crippen molar-refractivity contribution < 1.29 is 4.74 Å². The van der Waals surface area contributed by atoms with E-state index in [9.17, 15) is 0 Å². The normalized spacial score (nSPS) is 14.9.